The van der Waals surface area contributed by atoms with Gasteiger partial charge < -0.3 is 14.0 Å². The van der Waals surface area contributed by atoms with E-state index in [0.29, 0.717) is 30.7 Å². The molecule has 3 aromatic heterocycles. The fourth-order valence-corrected chi connectivity index (χ4v) is 3.77. The molecule has 4 heterocycles. The van der Waals surface area contributed by atoms with Gasteiger partial charge in [-0.2, -0.15) is 0 Å². The quantitative estimate of drug-likeness (QED) is 0.654. The molecule has 29 heavy (non-hydrogen) atoms. The van der Waals surface area contributed by atoms with Crippen LogP contribution in [0.3, 0.4) is 0 Å². The van der Waals surface area contributed by atoms with Crippen molar-refractivity contribution in [2.24, 2.45) is 0 Å². The molecule has 1 amide bonds. The van der Waals surface area contributed by atoms with Gasteiger partial charge in [-0.15, -0.1) is 0 Å². The number of carbonyl (C=O) groups excluding carboxylic acids is 1. The van der Waals surface area contributed by atoms with Gasteiger partial charge >= 0.3 is 0 Å². The van der Waals surface area contributed by atoms with Crippen LogP contribution >= 0.6 is 0 Å². The maximum absolute atomic E-state index is 13.1. The molecule has 0 N–H and O–H groups in total. The van der Waals surface area contributed by atoms with Gasteiger partial charge in [-0.25, -0.2) is 9.97 Å². The van der Waals surface area contributed by atoms with E-state index in [2.05, 4.69) is 19.4 Å². The van der Waals surface area contributed by atoms with E-state index in [0.717, 1.165) is 31.9 Å². The molecule has 8 heteroatoms. The highest BCUT2D eigenvalue weighted by Gasteiger charge is 2.25. The summed E-state index contributed by atoms with van der Waals surface area (Å²) >= 11 is 0. The highest BCUT2D eigenvalue weighted by molar-refractivity contribution is 5.97. The van der Waals surface area contributed by atoms with Crippen LogP contribution in [0.1, 0.15) is 23.0 Å². The van der Waals surface area contributed by atoms with Gasteiger partial charge in [-0.3, -0.25) is 14.5 Å². The van der Waals surface area contributed by atoms with Crippen LogP contribution in [0.2, 0.25) is 0 Å². The first-order chi connectivity index (χ1) is 14.1. The molecule has 0 radical (unpaired) electrons. The largest absolute Gasteiger partial charge is 0.336 e. The molecule has 0 spiro atoms. The maximum Gasteiger partial charge on any atom is 0.259 e. The summed E-state index contributed by atoms with van der Waals surface area (Å²) in [5.74, 6) is -0.186. The maximum atomic E-state index is 13.1. The zero-order valence-electron chi connectivity index (χ0n) is 16.9. The van der Waals surface area contributed by atoms with Crippen molar-refractivity contribution in [2.75, 3.05) is 32.7 Å². The number of aryl methyl sites for hydroxylation is 2. The average molecular weight is 394 g/mol. The number of carbonyl (C=O) groups is 1. The second kappa shape index (κ2) is 8.16. The number of fused-ring (bicyclic) bond motifs is 1. The van der Waals surface area contributed by atoms with Crippen molar-refractivity contribution in [2.45, 2.75) is 26.9 Å². The number of hydrogen-bond donors (Lipinski definition) is 0. The standard InChI is InChI=1S/C21H26N6O2/c1-3-26-14-18(19(28)17-5-4-16(2)23-20(17)26)21(29)27-12-10-24(11-13-27)8-9-25-7-6-22-15-25/h4-7,14-15H,3,8-13H2,1-2H3. The predicted octanol–water partition coefficient (Wildman–Crippen LogP) is 1.38. The zero-order chi connectivity index (χ0) is 20.4. The Bertz CT molecular complexity index is 1060. The van der Waals surface area contributed by atoms with Crippen LogP contribution in [0, 0.1) is 6.92 Å². The number of hydrogen-bond acceptors (Lipinski definition) is 5. The van der Waals surface area contributed by atoms with E-state index in [-0.39, 0.29) is 16.9 Å². The summed E-state index contributed by atoms with van der Waals surface area (Å²) in [6, 6.07) is 3.59. The van der Waals surface area contributed by atoms with Gasteiger partial charge in [0, 0.05) is 70.1 Å². The Labute approximate surface area is 169 Å². The smallest absolute Gasteiger partial charge is 0.259 e. The Morgan fingerprint density at radius 2 is 1.93 bits per heavy atom. The molecule has 1 fully saturated rings. The molecular formula is C21H26N6O2. The molecule has 0 aromatic carbocycles. The second-order valence-electron chi connectivity index (χ2n) is 7.42. The van der Waals surface area contributed by atoms with Crippen molar-refractivity contribution in [3.63, 3.8) is 0 Å². The predicted molar refractivity (Wildman–Crippen MR) is 111 cm³/mol. The fourth-order valence-electron chi connectivity index (χ4n) is 3.77. The summed E-state index contributed by atoms with van der Waals surface area (Å²) < 4.78 is 3.94. The molecule has 0 atom stereocenters. The minimum Gasteiger partial charge on any atom is -0.336 e. The van der Waals surface area contributed by atoms with Gasteiger partial charge in [-0.1, -0.05) is 0 Å². The van der Waals surface area contributed by atoms with Gasteiger partial charge in [0.1, 0.15) is 11.2 Å². The van der Waals surface area contributed by atoms with Crippen molar-refractivity contribution in [1.29, 1.82) is 0 Å². The van der Waals surface area contributed by atoms with Gasteiger partial charge in [0.15, 0.2) is 0 Å². The first kappa shape index (κ1) is 19.3. The minimum atomic E-state index is -0.232. The van der Waals surface area contributed by atoms with Crippen molar-refractivity contribution < 1.29 is 4.79 Å². The summed E-state index contributed by atoms with van der Waals surface area (Å²) in [5, 5.41) is 0.502. The molecule has 0 saturated carbocycles. The third kappa shape index (κ3) is 3.93. The topological polar surface area (TPSA) is 76.3 Å². The molecule has 0 unspecified atom stereocenters. The van der Waals surface area contributed by atoms with Crippen LogP contribution in [0.25, 0.3) is 11.0 Å². The van der Waals surface area contributed by atoms with Crippen LogP contribution in [0.15, 0.2) is 41.8 Å². The van der Waals surface area contributed by atoms with Gasteiger partial charge in [0.25, 0.3) is 5.91 Å². The molecular weight excluding hydrogens is 368 g/mol. The van der Waals surface area contributed by atoms with Crippen LogP contribution in [0.5, 0.6) is 0 Å². The number of nitrogens with zero attached hydrogens (tertiary/aromatic N) is 6. The molecule has 1 aliphatic rings. The molecule has 152 valence electrons. The third-order valence-corrected chi connectivity index (χ3v) is 5.52. The van der Waals surface area contributed by atoms with Gasteiger partial charge in [-0.05, 0) is 26.0 Å². The molecule has 3 aromatic rings. The Morgan fingerprint density at radius 1 is 1.14 bits per heavy atom. The van der Waals surface area contributed by atoms with E-state index in [1.54, 1.807) is 23.4 Å². The number of aromatic nitrogens is 4. The van der Waals surface area contributed by atoms with Crippen molar-refractivity contribution in [1.82, 2.24) is 28.9 Å². The SMILES string of the molecule is CCn1cc(C(=O)N2CCN(CCn3ccnc3)CC2)c(=O)c2ccc(C)nc21. The van der Waals surface area contributed by atoms with Crippen LogP contribution < -0.4 is 5.43 Å². The first-order valence-electron chi connectivity index (χ1n) is 10.0. The second-order valence-corrected chi connectivity index (χ2v) is 7.42. The van der Waals surface area contributed by atoms with Crippen molar-refractivity contribution in [3.8, 4) is 0 Å². The molecule has 4 rings (SSSR count). The summed E-state index contributed by atoms with van der Waals surface area (Å²) in [4.78, 5) is 38.8. The average Bonchev–Trinajstić information content (AvgIpc) is 3.26. The van der Waals surface area contributed by atoms with Crippen LogP contribution in [-0.4, -0.2) is 67.5 Å². The molecule has 0 bridgehead atoms. The summed E-state index contributed by atoms with van der Waals surface area (Å²) in [6.45, 7) is 9.19. The van der Waals surface area contributed by atoms with Crippen LogP contribution in [-0.2, 0) is 13.1 Å². The number of piperazine rings is 1. The minimum absolute atomic E-state index is 0.186. The molecule has 8 nitrogen and oxygen atoms in total. The normalized spacial score (nSPS) is 15.2. The lowest BCUT2D eigenvalue weighted by atomic mass is 10.1. The Hall–Kier alpha value is -3.00. The Balaban J connectivity index is 1.49. The fraction of sp³-hybridized carbons (Fsp3) is 0.429. The van der Waals surface area contributed by atoms with Crippen molar-refractivity contribution in [3.05, 3.63) is 58.5 Å². The monoisotopic (exact) mass is 394 g/mol. The summed E-state index contributed by atoms with van der Waals surface area (Å²) in [5.41, 5.74) is 1.49. The van der Waals surface area contributed by atoms with E-state index in [4.69, 9.17) is 0 Å². The van der Waals surface area contributed by atoms with E-state index >= 15 is 0 Å². The van der Waals surface area contributed by atoms with Crippen LogP contribution in [0.4, 0.5) is 0 Å². The zero-order valence-corrected chi connectivity index (χ0v) is 16.9. The molecule has 1 aliphatic heterocycles. The number of rotatable bonds is 5. The lowest BCUT2D eigenvalue weighted by molar-refractivity contribution is 0.0631. The van der Waals surface area contributed by atoms with E-state index < -0.39 is 0 Å². The van der Waals surface area contributed by atoms with Gasteiger partial charge in [0.05, 0.1) is 11.7 Å². The lowest BCUT2D eigenvalue weighted by Gasteiger charge is -2.34. The Morgan fingerprint density at radius 3 is 2.62 bits per heavy atom. The third-order valence-electron chi connectivity index (χ3n) is 5.52. The number of amides is 1. The van der Waals surface area contributed by atoms with Gasteiger partial charge in [0.2, 0.25) is 5.43 Å². The van der Waals surface area contributed by atoms with E-state index in [9.17, 15) is 9.59 Å². The highest BCUT2D eigenvalue weighted by Crippen LogP contribution is 2.13. The first-order valence-corrected chi connectivity index (χ1v) is 10.0. The van der Waals surface area contributed by atoms with E-state index in [1.807, 2.05) is 37.0 Å². The van der Waals surface area contributed by atoms with E-state index in [1.165, 1.54) is 0 Å². The van der Waals surface area contributed by atoms with Crippen molar-refractivity contribution >= 4 is 16.9 Å². The molecule has 0 aliphatic carbocycles. The summed E-state index contributed by atoms with van der Waals surface area (Å²) in [6.07, 6.45) is 7.22. The summed E-state index contributed by atoms with van der Waals surface area (Å²) in [7, 11) is 0. The number of imidazole rings is 1. The lowest BCUT2D eigenvalue weighted by Crippen LogP contribution is -2.50. The highest BCUT2D eigenvalue weighted by atomic mass is 16.2. The molecule has 1 saturated heterocycles. The number of pyridine rings is 2. The Kier molecular flexibility index (Phi) is 5.44.